The molecular weight excluding hydrogens is 404 g/mol. The van der Waals surface area contributed by atoms with E-state index in [1.807, 2.05) is 30.1 Å². The number of ketones is 1. The molecule has 0 atom stereocenters. The second-order valence-corrected chi connectivity index (χ2v) is 9.85. The van der Waals surface area contributed by atoms with E-state index >= 15 is 0 Å². The number of nitrogens with zero attached hydrogens (tertiary/aromatic N) is 3. The molecule has 6 heteroatoms. The summed E-state index contributed by atoms with van der Waals surface area (Å²) in [5, 5.41) is 10.1. The number of hydrogen-bond donors (Lipinski definition) is 1. The number of hydrogen-bond acceptors (Lipinski definition) is 5. The van der Waals surface area contributed by atoms with Crippen LogP contribution in [0.5, 0.6) is 0 Å². The van der Waals surface area contributed by atoms with Gasteiger partial charge in [-0.05, 0) is 29.5 Å². The summed E-state index contributed by atoms with van der Waals surface area (Å²) in [7, 11) is 0. The summed E-state index contributed by atoms with van der Waals surface area (Å²) in [5.41, 5.74) is 5.94. The molecule has 0 radical (unpaired) electrons. The number of fused-ring (bicyclic) bond motifs is 4. The van der Waals surface area contributed by atoms with Crippen LogP contribution in [0.2, 0.25) is 0 Å². The summed E-state index contributed by atoms with van der Waals surface area (Å²) in [6.07, 6.45) is 2.14. The maximum atomic E-state index is 13.5. The van der Waals surface area contributed by atoms with Gasteiger partial charge in [0, 0.05) is 60.3 Å². The molecule has 31 heavy (non-hydrogen) atoms. The monoisotopic (exact) mass is 430 g/mol. The number of nitrogens with one attached hydrogen (secondary N) is 1. The highest BCUT2D eigenvalue weighted by atomic mass is 32.2. The number of aromatic amines is 1. The van der Waals surface area contributed by atoms with Gasteiger partial charge in [-0.1, -0.05) is 50.1 Å². The van der Waals surface area contributed by atoms with E-state index in [1.165, 1.54) is 5.56 Å². The van der Waals surface area contributed by atoms with Crippen LogP contribution in [0.15, 0.2) is 36.4 Å². The van der Waals surface area contributed by atoms with E-state index in [0.29, 0.717) is 5.56 Å². The lowest BCUT2D eigenvalue weighted by atomic mass is 9.71. The van der Waals surface area contributed by atoms with Crippen molar-refractivity contribution >= 4 is 28.6 Å². The van der Waals surface area contributed by atoms with Gasteiger partial charge in [0.25, 0.3) is 0 Å². The lowest BCUT2D eigenvalue weighted by Gasteiger charge is -2.35. The zero-order valence-electron chi connectivity index (χ0n) is 18.2. The first-order valence-electron chi connectivity index (χ1n) is 10.7. The average Bonchev–Trinajstić information content (AvgIpc) is 3.18. The highest BCUT2D eigenvalue weighted by Gasteiger charge is 2.39. The fraction of sp³-hybridized carbons (Fsp3) is 0.360. The third-order valence-corrected chi connectivity index (χ3v) is 7.66. The molecule has 0 saturated carbocycles. The van der Waals surface area contributed by atoms with Gasteiger partial charge in [-0.15, -0.1) is 0 Å². The Morgan fingerprint density at radius 2 is 1.90 bits per heavy atom. The highest BCUT2D eigenvalue weighted by Crippen LogP contribution is 2.44. The lowest BCUT2D eigenvalue weighted by molar-refractivity contribution is 0.103. The van der Waals surface area contributed by atoms with Gasteiger partial charge < -0.3 is 4.98 Å². The fourth-order valence-corrected chi connectivity index (χ4v) is 5.50. The lowest BCUT2D eigenvalue weighted by Crippen LogP contribution is -2.42. The molecule has 2 aliphatic rings. The molecule has 5 nitrogen and oxygen atoms in total. The van der Waals surface area contributed by atoms with Crippen molar-refractivity contribution in [3.63, 3.8) is 0 Å². The van der Waals surface area contributed by atoms with Crippen molar-refractivity contribution in [2.45, 2.75) is 25.8 Å². The fourth-order valence-electron chi connectivity index (χ4n) is 4.97. The first-order chi connectivity index (χ1) is 14.9. The number of nitriles is 1. The third kappa shape index (κ3) is 3.28. The van der Waals surface area contributed by atoms with Gasteiger partial charge in [-0.25, -0.2) is 4.31 Å². The molecule has 1 fully saturated rings. The predicted molar refractivity (Wildman–Crippen MR) is 125 cm³/mol. The van der Waals surface area contributed by atoms with Crippen molar-refractivity contribution in [2.75, 3.05) is 32.4 Å². The second kappa shape index (κ2) is 7.52. The molecule has 0 amide bonds. The van der Waals surface area contributed by atoms with Crippen molar-refractivity contribution in [1.29, 1.82) is 5.26 Å². The van der Waals surface area contributed by atoms with Gasteiger partial charge in [0.1, 0.15) is 0 Å². The molecule has 1 aliphatic carbocycles. The smallest absolute Gasteiger partial charge is 0.195 e. The molecule has 5 rings (SSSR count). The Bertz CT molecular complexity index is 1230. The van der Waals surface area contributed by atoms with E-state index in [-0.39, 0.29) is 11.2 Å². The van der Waals surface area contributed by atoms with Crippen molar-refractivity contribution in [2.24, 2.45) is 0 Å². The van der Waals surface area contributed by atoms with Crippen LogP contribution >= 0.6 is 11.9 Å². The molecule has 1 aromatic heterocycles. The number of carbonyl (C=O) groups is 1. The SMILES string of the molecule is CSN1CCN(Cc2ccc3c(c2)C(C)(C)c2[nH]c4cc(C#N)ccc4c2C3=O)CC1. The van der Waals surface area contributed by atoms with Gasteiger partial charge in [0.05, 0.1) is 17.2 Å². The molecule has 1 aliphatic heterocycles. The molecule has 158 valence electrons. The van der Waals surface area contributed by atoms with Crippen LogP contribution in [-0.2, 0) is 12.0 Å². The van der Waals surface area contributed by atoms with Crippen molar-refractivity contribution < 1.29 is 4.79 Å². The highest BCUT2D eigenvalue weighted by molar-refractivity contribution is 7.96. The van der Waals surface area contributed by atoms with Crippen molar-refractivity contribution in [1.82, 2.24) is 14.2 Å². The van der Waals surface area contributed by atoms with Gasteiger partial charge in [-0.2, -0.15) is 5.26 Å². The molecule has 0 spiro atoms. The molecule has 2 heterocycles. The molecular formula is C25H26N4OS. The van der Waals surface area contributed by atoms with Crippen LogP contribution in [0.3, 0.4) is 0 Å². The second-order valence-electron chi connectivity index (χ2n) is 8.97. The van der Waals surface area contributed by atoms with Gasteiger partial charge in [0.15, 0.2) is 5.78 Å². The summed E-state index contributed by atoms with van der Waals surface area (Å²) in [6, 6.07) is 14.0. The average molecular weight is 431 g/mol. The Kier molecular flexibility index (Phi) is 4.93. The Labute approximate surface area is 187 Å². The van der Waals surface area contributed by atoms with Crippen LogP contribution in [0.4, 0.5) is 0 Å². The van der Waals surface area contributed by atoms with Gasteiger partial charge >= 0.3 is 0 Å². The molecule has 1 N–H and O–H groups in total. The summed E-state index contributed by atoms with van der Waals surface area (Å²) in [6.45, 7) is 9.56. The minimum atomic E-state index is -0.321. The summed E-state index contributed by atoms with van der Waals surface area (Å²) in [5.74, 6) is 0.0698. The van der Waals surface area contributed by atoms with Crippen molar-refractivity contribution in [3.8, 4) is 6.07 Å². The molecule has 2 aromatic carbocycles. The maximum Gasteiger partial charge on any atom is 0.195 e. The van der Waals surface area contributed by atoms with E-state index in [0.717, 1.165) is 66.0 Å². The number of benzene rings is 2. The Balaban J connectivity index is 1.52. The van der Waals surface area contributed by atoms with E-state index in [1.54, 1.807) is 6.07 Å². The number of piperazine rings is 1. The predicted octanol–water partition coefficient (Wildman–Crippen LogP) is 4.31. The zero-order chi connectivity index (χ0) is 21.8. The van der Waals surface area contributed by atoms with E-state index in [2.05, 4.69) is 52.5 Å². The van der Waals surface area contributed by atoms with Crippen LogP contribution < -0.4 is 0 Å². The van der Waals surface area contributed by atoms with E-state index in [4.69, 9.17) is 0 Å². The standard InChI is InChI=1S/C25H26N4OS/c1-25(2)20-12-17(15-28-8-10-29(31-3)11-9-28)5-6-18(20)23(30)22-19-7-4-16(14-26)13-21(19)27-24(22)25/h4-7,12-13,27H,8-11,15H2,1-3H3. The minimum absolute atomic E-state index is 0.0698. The first-order valence-corrected chi connectivity index (χ1v) is 11.9. The molecule has 1 saturated heterocycles. The first kappa shape index (κ1) is 20.3. The molecule has 3 aromatic rings. The van der Waals surface area contributed by atoms with Crippen molar-refractivity contribution in [3.05, 3.63) is 69.9 Å². The van der Waals surface area contributed by atoms with Crippen LogP contribution in [0, 0.1) is 11.3 Å². The van der Waals surface area contributed by atoms with Crippen LogP contribution in [-0.4, -0.2) is 52.4 Å². The zero-order valence-corrected chi connectivity index (χ0v) is 19.0. The Morgan fingerprint density at radius 3 is 2.61 bits per heavy atom. The molecule has 0 unspecified atom stereocenters. The van der Waals surface area contributed by atoms with Gasteiger partial charge in [0.2, 0.25) is 0 Å². The van der Waals surface area contributed by atoms with Crippen LogP contribution in [0.1, 0.15) is 52.2 Å². The Hall–Kier alpha value is -2.59. The number of rotatable bonds is 3. The largest absolute Gasteiger partial charge is 0.357 e. The minimum Gasteiger partial charge on any atom is -0.357 e. The van der Waals surface area contributed by atoms with E-state index < -0.39 is 0 Å². The van der Waals surface area contributed by atoms with Gasteiger partial charge in [-0.3, -0.25) is 9.69 Å². The van der Waals surface area contributed by atoms with E-state index in [9.17, 15) is 10.1 Å². The normalized spacial score (nSPS) is 18.6. The quantitative estimate of drug-likeness (QED) is 0.628. The summed E-state index contributed by atoms with van der Waals surface area (Å²) < 4.78 is 2.40. The number of H-pyrrole nitrogens is 1. The number of aromatic nitrogens is 1. The topological polar surface area (TPSA) is 63.1 Å². The Morgan fingerprint density at radius 1 is 1.13 bits per heavy atom. The third-order valence-electron chi connectivity index (χ3n) is 6.78. The molecule has 0 bridgehead atoms. The maximum absolute atomic E-state index is 13.5. The number of carbonyl (C=O) groups excluding carboxylic acids is 1. The van der Waals surface area contributed by atoms with Crippen LogP contribution in [0.25, 0.3) is 10.9 Å². The summed E-state index contributed by atoms with van der Waals surface area (Å²) in [4.78, 5) is 19.5. The summed E-state index contributed by atoms with van der Waals surface area (Å²) >= 11 is 1.82.